The molecule has 4 aliphatic heterocycles. The molecule has 5 aromatic rings. The number of likely N-dealkylation sites (tertiary alicyclic amines) is 1. The number of pyridine rings is 1. The quantitative estimate of drug-likeness (QED) is 0.109. The van der Waals surface area contributed by atoms with Crippen molar-refractivity contribution in [1.29, 1.82) is 0 Å². The second-order valence-corrected chi connectivity index (χ2v) is 18.7. The molecule has 1 saturated carbocycles. The average molecular weight is 905 g/mol. The lowest BCUT2D eigenvalue weighted by atomic mass is 9.84. The number of aromatic nitrogens is 5. The molecule has 3 aromatic heterocycles. The van der Waals surface area contributed by atoms with Crippen molar-refractivity contribution in [2.24, 2.45) is 31.8 Å². The van der Waals surface area contributed by atoms with Gasteiger partial charge in [0.2, 0.25) is 23.5 Å². The van der Waals surface area contributed by atoms with Crippen LogP contribution in [0.3, 0.4) is 0 Å². The van der Waals surface area contributed by atoms with Gasteiger partial charge in [-0.3, -0.25) is 24.4 Å². The first-order valence-corrected chi connectivity index (χ1v) is 22.4. The highest BCUT2D eigenvalue weighted by molar-refractivity contribution is 6.33. The van der Waals surface area contributed by atoms with Crippen LogP contribution >= 0.6 is 11.6 Å². The van der Waals surface area contributed by atoms with Crippen LogP contribution in [-0.4, -0.2) is 92.3 Å². The monoisotopic (exact) mass is 904 g/mol. The van der Waals surface area contributed by atoms with Crippen molar-refractivity contribution in [3.63, 3.8) is 0 Å². The van der Waals surface area contributed by atoms with Crippen LogP contribution in [0.5, 0.6) is 5.75 Å². The van der Waals surface area contributed by atoms with E-state index in [1.807, 2.05) is 12.1 Å². The second-order valence-electron chi connectivity index (χ2n) is 18.3. The zero-order valence-electron chi connectivity index (χ0n) is 35.7. The summed E-state index contributed by atoms with van der Waals surface area (Å²) in [6.45, 7) is 5.21. The third-order valence-corrected chi connectivity index (χ3v) is 14.4. The molecule has 4 fully saturated rings. The van der Waals surface area contributed by atoms with E-state index >= 15 is 17.6 Å². The average Bonchev–Trinajstić information content (AvgIpc) is 4.06. The maximum Gasteiger partial charge on any atom is 0.301 e. The van der Waals surface area contributed by atoms with Crippen molar-refractivity contribution in [2.75, 3.05) is 54.9 Å². The first-order valence-electron chi connectivity index (χ1n) is 22.0. The number of carbonyl (C=O) groups excluding carboxylic acids is 2. The number of alkyl halides is 2. The zero-order valence-corrected chi connectivity index (χ0v) is 36.5. The molecular formula is C45H49ClF4N10O4. The highest BCUT2D eigenvalue weighted by Gasteiger charge is 2.51. The number of benzene rings is 2. The van der Waals surface area contributed by atoms with Gasteiger partial charge in [-0.05, 0) is 86.9 Å². The van der Waals surface area contributed by atoms with Crippen molar-refractivity contribution < 1.29 is 31.9 Å². The molecule has 2 aromatic carbocycles. The molecule has 19 heteroatoms. The van der Waals surface area contributed by atoms with Crippen molar-refractivity contribution in [2.45, 2.75) is 75.7 Å². The highest BCUT2D eigenvalue weighted by Crippen LogP contribution is 2.46. The predicted molar refractivity (Wildman–Crippen MR) is 234 cm³/mol. The summed E-state index contributed by atoms with van der Waals surface area (Å²) in [5, 5.41) is 13.9. The smallest absolute Gasteiger partial charge is 0.301 e. The molecule has 0 radical (unpaired) electrons. The minimum atomic E-state index is -3.22. The molecule has 64 heavy (non-hydrogen) atoms. The Kier molecular flexibility index (Phi) is 10.7. The third kappa shape index (κ3) is 7.59. The topological polar surface area (TPSA) is 152 Å². The number of aryl methyl sites for hydroxylation is 2. The van der Waals surface area contributed by atoms with E-state index in [4.69, 9.17) is 21.3 Å². The number of rotatable bonds is 8. The lowest BCUT2D eigenvalue weighted by Gasteiger charge is -2.41. The number of amides is 2. The number of halogens is 5. The first-order chi connectivity index (χ1) is 30.6. The van der Waals surface area contributed by atoms with Gasteiger partial charge in [0, 0.05) is 57.0 Å². The molecule has 3 N–H and O–H groups in total. The summed E-state index contributed by atoms with van der Waals surface area (Å²) in [6, 6.07) is 5.11. The van der Waals surface area contributed by atoms with Gasteiger partial charge in [-0.25, -0.2) is 22.5 Å². The standard InChI is InChI=1S/C45H49ClF4N10O4/c1-22-19-60(15-12-25(22)20-59-13-10-23(11-14-59)26-6-7-27-36(56-58(3)38(27)35(26)48)28-8-9-34(61)53-42(28)62)44-51-18-30(46)41(55-44)52-32-16-29-33(17-31(32)47)57(2)43(63)39-37(29)54-40(24-4-5-24)45(49,50)21-64-39/h6-7,16-18,22-25,28,40,54H,4-5,8-15,19-21H2,1-3H3,(H,51,52,55)(H,53,61,62)/t22-,25-,28?,40?/m1/s1. The van der Waals surface area contributed by atoms with Crippen LogP contribution in [0.1, 0.15) is 75.0 Å². The van der Waals surface area contributed by atoms with Crippen molar-refractivity contribution in [3.05, 3.63) is 68.7 Å². The molecule has 338 valence electrons. The molecule has 5 aliphatic rings. The molecule has 3 saturated heterocycles. The molecule has 0 bridgehead atoms. The fraction of sp³-hybridized carbons (Fsp3) is 0.511. The van der Waals surface area contributed by atoms with E-state index < -0.39 is 41.8 Å². The number of ether oxygens (including phenoxy) is 1. The lowest BCUT2D eigenvalue weighted by molar-refractivity contribution is -0.134. The van der Waals surface area contributed by atoms with Crippen LogP contribution in [0, 0.1) is 29.4 Å². The van der Waals surface area contributed by atoms with E-state index in [1.165, 1.54) is 34.6 Å². The number of hydrogen-bond acceptors (Lipinski definition) is 11. The number of piperidine rings is 3. The van der Waals surface area contributed by atoms with Crippen LogP contribution in [-0.2, 0) is 23.7 Å². The second kappa shape index (κ2) is 16.2. The summed E-state index contributed by atoms with van der Waals surface area (Å²) < 4.78 is 70.6. The fourth-order valence-corrected chi connectivity index (χ4v) is 10.5. The van der Waals surface area contributed by atoms with E-state index in [1.54, 1.807) is 7.05 Å². The van der Waals surface area contributed by atoms with Gasteiger partial charge < -0.3 is 29.7 Å². The van der Waals surface area contributed by atoms with Gasteiger partial charge >= 0.3 is 5.92 Å². The molecule has 7 heterocycles. The Labute approximate surface area is 370 Å². The number of nitrogens with zero attached hydrogens (tertiary/aromatic N) is 7. The maximum atomic E-state index is 16.2. The van der Waals surface area contributed by atoms with Crippen LogP contribution in [0.4, 0.5) is 40.7 Å². The van der Waals surface area contributed by atoms with Crippen molar-refractivity contribution in [3.8, 4) is 5.75 Å². The molecular weight excluding hydrogens is 856 g/mol. The maximum absolute atomic E-state index is 16.2. The minimum Gasteiger partial charge on any atom is -0.480 e. The van der Waals surface area contributed by atoms with Crippen molar-refractivity contribution in [1.82, 2.24) is 34.5 Å². The van der Waals surface area contributed by atoms with Gasteiger partial charge in [0.15, 0.2) is 18.2 Å². The number of nitrogens with one attached hydrogen (secondary N) is 3. The van der Waals surface area contributed by atoms with Crippen LogP contribution in [0.15, 0.2) is 35.3 Å². The molecule has 4 atom stereocenters. The summed E-state index contributed by atoms with van der Waals surface area (Å²) in [6.07, 6.45) is 5.79. The summed E-state index contributed by atoms with van der Waals surface area (Å²) in [5.74, 6) is -4.70. The Morgan fingerprint density at radius 2 is 1.78 bits per heavy atom. The van der Waals surface area contributed by atoms with E-state index in [9.17, 15) is 14.4 Å². The summed E-state index contributed by atoms with van der Waals surface area (Å²) >= 11 is 6.58. The SMILES string of the molecule is C[C@@H]1CN(c2ncc(Cl)c(Nc3cc4c5c(c(=O)n(C)c4cc3F)OCC(F)(F)C(C3CC3)N5)n2)CC[C@@H]1CN1CCC(c2ccc3c(C4CCC(=O)NC4=O)nn(C)c3c2F)CC1. The molecule has 10 rings (SSSR count). The van der Waals surface area contributed by atoms with E-state index in [2.05, 4.69) is 42.8 Å². The Morgan fingerprint density at radius 3 is 2.52 bits per heavy atom. The fourth-order valence-electron chi connectivity index (χ4n) is 10.3. The number of fused-ring (bicyclic) bond motifs is 4. The van der Waals surface area contributed by atoms with Gasteiger partial charge in [-0.15, -0.1) is 0 Å². The summed E-state index contributed by atoms with van der Waals surface area (Å²) in [7, 11) is 3.13. The molecule has 2 amide bonds. The van der Waals surface area contributed by atoms with Crippen LogP contribution in [0.25, 0.3) is 21.8 Å². The van der Waals surface area contributed by atoms with Crippen LogP contribution in [0.2, 0.25) is 5.02 Å². The minimum absolute atomic E-state index is 0.0179. The number of imide groups is 1. The van der Waals surface area contributed by atoms with E-state index in [0.717, 1.165) is 38.9 Å². The molecule has 1 aliphatic carbocycles. The molecule has 14 nitrogen and oxygen atoms in total. The number of anilines is 4. The highest BCUT2D eigenvalue weighted by atomic mass is 35.5. The Morgan fingerprint density at radius 1 is 1.00 bits per heavy atom. The Hall–Kier alpha value is -5.49. The Bertz CT molecular complexity index is 2770. The van der Waals surface area contributed by atoms with Gasteiger partial charge in [0.05, 0.1) is 40.7 Å². The number of carbonyl (C=O) groups is 2. The van der Waals surface area contributed by atoms with Crippen molar-refractivity contribution >= 4 is 68.4 Å². The largest absolute Gasteiger partial charge is 0.480 e. The summed E-state index contributed by atoms with van der Waals surface area (Å²) in [5.41, 5.74) is 1.18. The van der Waals surface area contributed by atoms with Gasteiger partial charge in [-0.1, -0.05) is 30.7 Å². The van der Waals surface area contributed by atoms with Gasteiger partial charge in [-0.2, -0.15) is 10.1 Å². The first kappa shape index (κ1) is 42.5. The third-order valence-electron chi connectivity index (χ3n) is 14.1. The van der Waals surface area contributed by atoms with Gasteiger partial charge in [0.25, 0.3) is 5.56 Å². The van der Waals surface area contributed by atoms with E-state index in [-0.39, 0.29) is 69.4 Å². The molecule has 2 unspecified atom stereocenters. The van der Waals surface area contributed by atoms with E-state index in [0.29, 0.717) is 71.8 Å². The molecule has 0 spiro atoms. The Balaban J connectivity index is 0.794. The summed E-state index contributed by atoms with van der Waals surface area (Å²) in [4.78, 5) is 51.4. The van der Waals surface area contributed by atoms with Gasteiger partial charge in [0.1, 0.15) is 16.4 Å². The predicted octanol–water partition coefficient (Wildman–Crippen LogP) is 6.97. The normalized spacial score (nSPS) is 24.3. The number of hydrogen-bond donors (Lipinski definition) is 3. The lowest BCUT2D eigenvalue weighted by Crippen LogP contribution is -2.45. The zero-order chi connectivity index (χ0) is 44.8. The van der Waals surface area contributed by atoms with Crippen LogP contribution < -0.4 is 31.1 Å².